The first-order valence-corrected chi connectivity index (χ1v) is 8.42. The predicted octanol–water partition coefficient (Wildman–Crippen LogP) is 3.14. The average Bonchev–Trinajstić information content (AvgIpc) is 3.02. The van der Waals surface area contributed by atoms with Crippen molar-refractivity contribution in [1.29, 1.82) is 0 Å². The van der Waals surface area contributed by atoms with Gasteiger partial charge in [-0.15, -0.1) is 0 Å². The van der Waals surface area contributed by atoms with Gasteiger partial charge in [0.1, 0.15) is 12.7 Å². The molecular weight excluding hydrogens is 316 g/mol. The second-order valence-corrected chi connectivity index (χ2v) is 6.24. The molecule has 1 atom stereocenters. The van der Waals surface area contributed by atoms with E-state index in [1.807, 2.05) is 66.3 Å². The molecular formula is C20H20N2O3. The van der Waals surface area contributed by atoms with Gasteiger partial charge in [0, 0.05) is 37.3 Å². The molecule has 1 aliphatic heterocycles. The number of ether oxygens (including phenoxy) is 2. The number of para-hydroxylation sites is 2. The van der Waals surface area contributed by atoms with Gasteiger partial charge in [0.2, 0.25) is 0 Å². The van der Waals surface area contributed by atoms with Crippen molar-refractivity contribution in [2.75, 3.05) is 13.2 Å². The zero-order valence-corrected chi connectivity index (χ0v) is 14.1. The van der Waals surface area contributed by atoms with Gasteiger partial charge in [0.25, 0.3) is 5.91 Å². The third-order valence-corrected chi connectivity index (χ3v) is 4.47. The quantitative estimate of drug-likeness (QED) is 0.796. The second-order valence-electron chi connectivity index (χ2n) is 6.24. The van der Waals surface area contributed by atoms with Gasteiger partial charge in [-0.2, -0.15) is 0 Å². The molecule has 1 aliphatic rings. The predicted molar refractivity (Wildman–Crippen MR) is 96.2 cm³/mol. The van der Waals surface area contributed by atoms with Gasteiger partial charge in [-0.3, -0.25) is 4.79 Å². The van der Waals surface area contributed by atoms with Crippen LogP contribution in [0.25, 0.3) is 10.9 Å². The van der Waals surface area contributed by atoms with Crippen LogP contribution in [-0.4, -0.2) is 29.7 Å². The fourth-order valence-electron chi connectivity index (χ4n) is 3.06. The number of carbonyl (C=O) groups excluding carboxylic acids is 1. The molecule has 0 radical (unpaired) electrons. The standard InChI is InChI=1S/C20H20N2O3/c1-22-11-9-14-6-7-15(12-17(14)22)20(23)21-10-8-16-13-24-18-4-2-3-5-19(18)25-16/h2-7,9,11-12,16H,8,10,13H2,1H3,(H,21,23). The van der Waals surface area contributed by atoms with Crippen molar-refractivity contribution in [1.82, 2.24) is 9.88 Å². The van der Waals surface area contributed by atoms with Gasteiger partial charge in [-0.05, 0) is 35.7 Å². The summed E-state index contributed by atoms with van der Waals surface area (Å²) in [5.74, 6) is 1.47. The van der Waals surface area contributed by atoms with E-state index >= 15 is 0 Å². The smallest absolute Gasteiger partial charge is 0.251 e. The van der Waals surface area contributed by atoms with Crippen LogP contribution in [0, 0.1) is 0 Å². The summed E-state index contributed by atoms with van der Waals surface area (Å²) in [6.45, 7) is 1.04. The molecule has 5 heteroatoms. The Kier molecular flexibility index (Phi) is 4.06. The van der Waals surface area contributed by atoms with Crippen molar-refractivity contribution in [3.8, 4) is 11.5 Å². The summed E-state index contributed by atoms with van der Waals surface area (Å²) in [6, 6.07) is 15.4. The van der Waals surface area contributed by atoms with Crippen LogP contribution in [0.1, 0.15) is 16.8 Å². The summed E-state index contributed by atoms with van der Waals surface area (Å²) in [7, 11) is 1.97. The molecule has 1 amide bonds. The van der Waals surface area contributed by atoms with E-state index in [9.17, 15) is 4.79 Å². The third kappa shape index (κ3) is 3.18. The average molecular weight is 336 g/mol. The van der Waals surface area contributed by atoms with Crippen molar-refractivity contribution >= 4 is 16.8 Å². The molecule has 5 nitrogen and oxygen atoms in total. The molecule has 0 bridgehead atoms. The molecule has 0 fully saturated rings. The number of aromatic nitrogens is 1. The molecule has 0 saturated heterocycles. The highest BCUT2D eigenvalue weighted by Gasteiger charge is 2.20. The third-order valence-electron chi connectivity index (χ3n) is 4.47. The number of aryl methyl sites for hydroxylation is 1. The zero-order chi connectivity index (χ0) is 17.2. The maximum Gasteiger partial charge on any atom is 0.251 e. The summed E-state index contributed by atoms with van der Waals surface area (Å²) in [5.41, 5.74) is 1.72. The van der Waals surface area contributed by atoms with Crippen LogP contribution in [0.5, 0.6) is 11.5 Å². The molecule has 3 aromatic rings. The van der Waals surface area contributed by atoms with Crippen LogP contribution in [0.2, 0.25) is 0 Å². The summed E-state index contributed by atoms with van der Waals surface area (Å²) in [4.78, 5) is 12.4. The Morgan fingerprint density at radius 2 is 2.04 bits per heavy atom. The minimum Gasteiger partial charge on any atom is -0.486 e. The lowest BCUT2D eigenvalue weighted by atomic mass is 10.1. The Morgan fingerprint density at radius 3 is 2.92 bits per heavy atom. The molecule has 1 unspecified atom stereocenters. The number of rotatable bonds is 4. The fraction of sp³-hybridized carbons (Fsp3) is 0.250. The van der Waals surface area contributed by atoms with Gasteiger partial charge in [0.05, 0.1) is 0 Å². The lowest BCUT2D eigenvalue weighted by molar-refractivity contribution is 0.0813. The molecule has 2 heterocycles. The first-order chi connectivity index (χ1) is 12.2. The highest BCUT2D eigenvalue weighted by molar-refractivity contribution is 5.98. The van der Waals surface area contributed by atoms with E-state index in [2.05, 4.69) is 5.32 Å². The molecule has 0 saturated carbocycles. The monoisotopic (exact) mass is 336 g/mol. The lowest BCUT2D eigenvalue weighted by Gasteiger charge is -2.26. The maximum absolute atomic E-state index is 12.4. The molecule has 2 aromatic carbocycles. The zero-order valence-electron chi connectivity index (χ0n) is 14.1. The van der Waals surface area contributed by atoms with E-state index in [0.717, 1.165) is 22.4 Å². The molecule has 1 aromatic heterocycles. The highest BCUT2D eigenvalue weighted by atomic mass is 16.6. The molecule has 0 aliphatic carbocycles. The largest absolute Gasteiger partial charge is 0.486 e. The number of nitrogens with one attached hydrogen (secondary N) is 1. The SMILES string of the molecule is Cn1ccc2ccc(C(=O)NCCC3COc4ccccc4O3)cc21. The Bertz CT molecular complexity index is 916. The van der Waals surface area contributed by atoms with Gasteiger partial charge >= 0.3 is 0 Å². The molecule has 128 valence electrons. The van der Waals surface area contributed by atoms with Gasteiger partial charge in [0.15, 0.2) is 11.5 Å². The first kappa shape index (κ1) is 15.6. The van der Waals surface area contributed by atoms with Crippen LogP contribution in [-0.2, 0) is 7.05 Å². The summed E-state index contributed by atoms with van der Waals surface area (Å²) >= 11 is 0. The van der Waals surface area contributed by atoms with Crippen molar-refractivity contribution in [3.63, 3.8) is 0 Å². The van der Waals surface area contributed by atoms with Crippen LogP contribution in [0.3, 0.4) is 0 Å². The molecule has 4 rings (SSSR count). The van der Waals surface area contributed by atoms with Crippen LogP contribution >= 0.6 is 0 Å². The number of carbonyl (C=O) groups is 1. The lowest BCUT2D eigenvalue weighted by Crippen LogP contribution is -2.34. The van der Waals surface area contributed by atoms with E-state index in [0.29, 0.717) is 25.1 Å². The van der Waals surface area contributed by atoms with Crippen LogP contribution < -0.4 is 14.8 Å². The van der Waals surface area contributed by atoms with Crippen molar-refractivity contribution in [2.24, 2.45) is 7.05 Å². The molecule has 25 heavy (non-hydrogen) atoms. The van der Waals surface area contributed by atoms with Crippen molar-refractivity contribution < 1.29 is 14.3 Å². The van der Waals surface area contributed by atoms with Gasteiger partial charge < -0.3 is 19.4 Å². The van der Waals surface area contributed by atoms with Gasteiger partial charge in [-0.1, -0.05) is 18.2 Å². The Balaban J connectivity index is 1.34. The Labute approximate surface area is 146 Å². The minimum atomic E-state index is -0.0692. The fourth-order valence-corrected chi connectivity index (χ4v) is 3.06. The van der Waals surface area contributed by atoms with Crippen LogP contribution in [0.15, 0.2) is 54.7 Å². The molecule has 1 N–H and O–H groups in total. The normalized spacial score (nSPS) is 16.0. The summed E-state index contributed by atoms with van der Waals surface area (Å²) < 4.78 is 13.6. The number of amides is 1. The summed E-state index contributed by atoms with van der Waals surface area (Å²) in [5, 5.41) is 4.09. The summed E-state index contributed by atoms with van der Waals surface area (Å²) in [6.07, 6.45) is 2.64. The van der Waals surface area contributed by atoms with Gasteiger partial charge in [-0.25, -0.2) is 0 Å². The Morgan fingerprint density at radius 1 is 1.20 bits per heavy atom. The minimum absolute atomic E-state index is 0.0504. The number of hydrogen-bond acceptors (Lipinski definition) is 3. The van der Waals surface area contributed by atoms with E-state index in [1.165, 1.54) is 0 Å². The maximum atomic E-state index is 12.4. The number of nitrogens with zero attached hydrogens (tertiary/aromatic N) is 1. The van der Waals surface area contributed by atoms with E-state index in [4.69, 9.17) is 9.47 Å². The highest BCUT2D eigenvalue weighted by Crippen LogP contribution is 2.31. The number of benzene rings is 2. The Hall–Kier alpha value is -2.95. The molecule has 0 spiro atoms. The van der Waals surface area contributed by atoms with E-state index < -0.39 is 0 Å². The number of fused-ring (bicyclic) bond motifs is 2. The van der Waals surface area contributed by atoms with Crippen molar-refractivity contribution in [2.45, 2.75) is 12.5 Å². The van der Waals surface area contributed by atoms with Crippen LogP contribution in [0.4, 0.5) is 0 Å². The van der Waals surface area contributed by atoms with E-state index in [-0.39, 0.29) is 12.0 Å². The van der Waals surface area contributed by atoms with E-state index in [1.54, 1.807) is 0 Å². The van der Waals surface area contributed by atoms with Crippen molar-refractivity contribution in [3.05, 3.63) is 60.3 Å². The number of hydrogen-bond donors (Lipinski definition) is 1. The first-order valence-electron chi connectivity index (χ1n) is 8.42. The second kappa shape index (κ2) is 6.51. The topological polar surface area (TPSA) is 52.5 Å².